The Morgan fingerprint density at radius 1 is 1.64 bits per heavy atom. The summed E-state index contributed by atoms with van der Waals surface area (Å²) in [5.74, 6) is 1.50. The highest BCUT2D eigenvalue weighted by Gasteiger charge is 2.50. The first-order chi connectivity index (χ1) is 5.16. The van der Waals surface area contributed by atoms with E-state index in [1.807, 2.05) is 0 Å². The van der Waals surface area contributed by atoms with E-state index in [0.29, 0.717) is 11.3 Å². The molecule has 0 spiro atoms. The third-order valence-corrected chi connectivity index (χ3v) is 3.66. The van der Waals surface area contributed by atoms with Crippen molar-refractivity contribution >= 4 is 0 Å². The van der Waals surface area contributed by atoms with Crippen molar-refractivity contribution in [2.75, 3.05) is 0 Å². The van der Waals surface area contributed by atoms with Crippen LogP contribution in [0.25, 0.3) is 0 Å². The molecule has 0 aromatic carbocycles. The smallest absolute Gasteiger partial charge is 0.105 e. The molecule has 61 valence electrons. The first-order valence-corrected chi connectivity index (χ1v) is 4.33. The standard InChI is InChI=1S/C10H15O/c1-10(2)8-4-3-7(6-11)9(10)5-8/h3,6,8-9,11H,4-5H2,1-2H3. The van der Waals surface area contributed by atoms with E-state index in [9.17, 15) is 0 Å². The fraction of sp³-hybridized carbons (Fsp3) is 0.700. The first-order valence-electron chi connectivity index (χ1n) is 4.33. The number of aliphatic hydroxyl groups excluding tert-OH is 1. The van der Waals surface area contributed by atoms with Gasteiger partial charge in [0.15, 0.2) is 0 Å². The quantitative estimate of drug-likeness (QED) is 0.610. The van der Waals surface area contributed by atoms with E-state index in [1.165, 1.54) is 13.0 Å². The second-order valence-corrected chi connectivity index (χ2v) is 4.38. The van der Waals surface area contributed by atoms with Crippen molar-refractivity contribution in [3.63, 3.8) is 0 Å². The van der Waals surface area contributed by atoms with Crippen LogP contribution < -0.4 is 0 Å². The molecule has 0 heterocycles. The van der Waals surface area contributed by atoms with E-state index in [1.54, 1.807) is 0 Å². The molecule has 1 radical (unpaired) electrons. The molecule has 0 aromatic heterocycles. The van der Waals surface area contributed by atoms with Crippen LogP contribution in [0.5, 0.6) is 0 Å². The summed E-state index contributed by atoms with van der Waals surface area (Å²) in [7, 11) is 0. The highest BCUT2D eigenvalue weighted by Crippen LogP contribution is 2.59. The fourth-order valence-electron chi connectivity index (χ4n) is 2.54. The molecule has 0 aromatic rings. The minimum atomic E-state index is 0.448. The van der Waals surface area contributed by atoms with Crippen LogP contribution in [-0.4, -0.2) is 5.11 Å². The van der Waals surface area contributed by atoms with E-state index in [4.69, 9.17) is 5.11 Å². The number of hydrogen-bond acceptors (Lipinski definition) is 1. The van der Waals surface area contributed by atoms with Crippen molar-refractivity contribution in [2.24, 2.45) is 17.3 Å². The van der Waals surface area contributed by atoms with Crippen molar-refractivity contribution in [2.45, 2.75) is 26.7 Å². The van der Waals surface area contributed by atoms with E-state index in [-0.39, 0.29) is 0 Å². The molecule has 3 rings (SSSR count). The number of rotatable bonds is 1. The Morgan fingerprint density at radius 2 is 2.36 bits per heavy atom. The van der Waals surface area contributed by atoms with Crippen molar-refractivity contribution < 1.29 is 5.11 Å². The third kappa shape index (κ3) is 0.807. The van der Waals surface area contributed by atoms with Gasteiger partial charge in [-0.1, -0.05) is 19.9 Å². The Hall–Kier alpha value is -0.300. The monoisotopic (exact) mass is 151 g/mol. The topological polar surface area (TPSA) is 20.2 Å². The van der Waals surface area contributed by atoms with Crippen molar-refractivity contribution in [1.82, 2.24) is 0 Å². The van der Waals surface area contributed by atoms with Crippen LogP contribution in [0, 0.1) is 23.9 Å². The molecule has 2 atom stereocenters. The predicted molar refractivity (Wildman–Crippen MR) is 44.3 cm³/mol. The lowest BCUT2D eigenvalue weighted by Gasteiger charge is -2.56. The van der Waals surface area contributed by atoms with Gasteiger partial charge in [-0.15, -0.1) is 0 Å². The van der Waals surface area contributed by atoms with Gasteiger partial charge in [0.25, 0.3) is 0 Å². The minimum absolute atomic E-state index is 0.448. The zero-order chi connectivity index (χ0) is 8.06. The molecule has 2 bridgehead atoms. The summed E-state index contributed by atoms with van der Waals surface area (Å²) in [5.41, 5.74) is 1.61. The van der Waals surface area contributed by atoms with E-state index in [0.717, 1.165) is 17.9 Å². The lowest BCUT2D eigenvalue weighted by Crippen LogP contribution is -2.48. The summed E-state index contributed by atoms with van der Waals surface area (Å²) in [5, 5.41) is 8.93. The fourth-order valence-corrected chi connectivity index (χ4v) is 2.54. The molecule has 1 heteroatoms. The predicted octanol–water partition coefficient (Wildman–Crippen LogP) is 2.51. The van der Waals surface area contributed by atoms with Gasteiger partial charge in [0, 0.05) is 0 Å². The maximum absolute atomic E-state index is 8.93. The Bertz CT molecular complexity index is 203. The average Bonchev–Trinajstić information content (AvgIpc) is 2.04. The van der Waals surface area contributed by atoms with Gasteiger partial charge >= 0.3 is 0 Å². The van der Waals surface area contributed by atoms with Crippen LogP contribution in [0.2, 0.25) is 0 Å². The Morgan fingerprint density at radius 3 is 2.73 bits per heavy atom. The second kappa shape index (κ2) is 2.10. The summed E-state index contributed by atoms with van der Waals surface area (Å²) in [6.07, 6.45) is 4.63. The molecule has 3 aliphatic carbocycles. The lowest BCUT2D eigenvalue weighted by molar-refractivity contribution is -0.00819. The van der Waals surface area contributed by atoms with Crippen LogP contribution in [0.1, 0.15) is 26.7 Å². The zero-order valence-electron chi connectivity index (χ0n) is 7.17. The highest BCUT2D eigenvalue weighted by molar-refractivity contribution is 5.26. The number of hydrogen-bond donors (Lipinski definition) is 1. The minimum Gasteiger partial charge on any atom is -0.386 e. The van der Waals surface area contributed by atoms with Crippen LogP contribution in [0.15, 0.2) is 11.6 Å². The van der Waals surface area contributed by atoms with E-state index in [2.05, 4.69) is 19.9 Å². The summed E-state index contributed by atoms with van der Waals surface area (Å²) in [6, 6.07) is 0. The van der Waals surface area contributed by atoms with Gasteiger partial charge in [0.1, 0.15) is 6.61 Å². The van der Waals surface area contributed by atoms with E-state index >= 15 is 0 Å². The maximum atomic E-state index is 8.93. The summed E-state index contributed by atoms with van der Waals surface area (Å²) in [6.45, 7) is 5.91. The number of fused-ring (bicyclic) bond motifs is 1. The molecule has 0 amide bonds. The van der Waals surface area contributed by atoms with Gasteiger partial charge in [-0.25, -0.2) is 0 Å². The third-order valence-electron chi connectivity index (χ3n) is 3.66. The summed E-state index contributed by atoms with van der Waals surface area (Å²) in [4.78, 5) is 0. The molecule has 1 fully saturated rings. The molecule has 0 aliphatic heterocycles. The molecule has 1 saturated carbocycles. The highest BCUT2D eigenvalue weighted by atomic mass is 16.3. The van der Waals surface area contributed by atoms with Crippen molar-refractivity contribution in [1.29, 1.82) is 0 Å². The second-order valence-electron chi connectivity index (χ2n) is 4.38. The van der Waals surface area contributed by atoms with Gasteiger partial charge in [0.2, 0.25) is 0 Å². The van der Waals surface area contributed by atoms with Gasteiger partial charge < -0.3 is 5.11 Å². The molecule has 0 saturated heterocycles. The van der Waals surface area contributed by atoms with Crippen LogP contribution in [-0.2, 0) is 0 Å². The molecule has 1 nitrogen and oxygen atoms in total. The van der Waals surface area contributed by atoms with E-state index < -0.39 is 0 Å². The molecule has 1 N–H and O–H groups in total. The summed E-state index contributed by atoms with van der Waals surface area (Å²) < 4.78 is 0. The average molecular weight is 151 g/mol. The first kappa shape index (κ1) is 7.35. The zero-order valence-corrected chi connectivity index (χ0v) is 7.17. The number of allylic oxidation sites excluding steroid dienone is 1. The molecular formula is C10H15O. The molecule has 2 unspecified atom stereocenters. The van der Waals surface area contributed by atoms with Gasteiger partial charge in [0.05, 0.1) is 0 Å². The molecule has 11 heavy (non-hydrogen) atoms. The lowest BCUT2D eigenvalue weighted by atomic mass is 9.49. The van der Waals surface area contributed by atoms with Crippen LogP contribution in [0.3, 0.4) is 0 Å². The van der Waals surface area contributed by atoms with Crippen LogP contribution >= 0.6 is 0 Å². The van der Waals surface area contributed by atoms with Crippen molar-refractivity contribution in [3.05, 3.63) is 18.3 Å². The maximum Gasteiger partial charge on any atom is 0.105 e. The Labute approximate surface area is 68.1 Å². The van der Waals surface area contributed by atoms with Crippen molar-refractivity contribution in [3.8, 4) is 0 Å². The largest absolute Gasteiger partial charge is 0.386 e. The number of aliphatic hydroxyl groups is 1. The molecule has 3 aliphatic rings. The van der Waals surface area contributed by atoms with Crippen LogP contribution in [0.4, 0.5) is 0 Å². The Balaban J connectivity index is 2.23. The normalized spacial score (nSPS) is 39.4. The Kier molecular flexibility index (Phi) is 1.40. The van der Waals surface area contributed by atoms with Gasteiger partial charge in [-0.2, -0.15) is 0 Å². The molecular weight excluding hydrogens is 136 g/mol. The summed E-state index contributed by atoms with van der Waals surface area (Å²) >= 11 is 0. The SMILES string of the molecule is CC1(C)C2CC=C([CH]O)C1C2. The van der Waals surface area contributed by atoms with Gasteiger partial charge in [-0.3, -0.25) is 0 Å². The van der Waals surface area contributed by atoms with Gasteiger partial charge in [-0.05, 0) is 35.7 Å².